The monoisotopic (exact) mass is 378 g/mol. The third-order valence-corrected chi connectivity index (χ3v) is 4.78. The predicted octanol–water partition coefficient (Wildman–Crippen LogP) is 2.58. The van der Waals surface area contributed by atoms with Gasteiger partial charge in [0, 0.05) is 18.4 Å². The second-order valence-electron chi connectivity index (χ2n) is 6.80. The van der Waals surface area contributed by atoms with Crippen molar-refractivity contribution in [2.45, 2.75) is 26.4 Å². The first kappa shape index (κ1) is 18.0. The number of carbonyl (C=O) groups is 2. The first-order valence-electron chi connectivity index (χ1n) is 9.38. The Bertz CT molecular complexity index is 1040. The van der Waals surface area contributed by atoms with Gasteiger partial charge in [-0.25, -0.2) is 4.98 Å². The van der Waals surface area contributed by atoms with Gasteiger partial charge in [0.2, 0.25) is 0 Å². The van der Waals surface area contributed by atoms with Crippen molar-refractivity contribution >= 4 is 23.1 Å². The largest absolute Gasteiger partial charge is 0.477 e. The lowest BCUT2D eigenvalue weighted by molar-refractivity contribution is -0.127. The number of benzene rings is 1. The van der Waals surface area contributed by atoms with Gasteiger partial charge < -0.3 is 14.5 Å². The highest BCUT2D eigenvalue weighted by atomic mass is 16.5. The van der Waals surface area contributed by atoms with Crippen LogP contribution >= 0.6 is 0 Å². The quantitative estimate of drug-likeness (QED) is 0.757. The number of hydrogen-bond acceptors (Lipinski definition) is 4. The van der Waals surface area contributed by atoms with E-state index < -0.39 is 6.10 Å². The van der Waals surface area contributed by atoms with Crippen LogP contribution in [0.5, 0.6) is 5.75 Å². The zero-order chi connectivity index (χ0) is 19.7. The number of nitrogens with zero attached hydrogens (tertiary/aromatic N) is 3. The number of aryl methyl sites for hydroxylation is 1. The van der Waals surface area contributed by atoms with Crippen molar-refractivity contribution < 1.29 is 14.3 Å². The highest BCUT2D eigenvalue weighted by molar-refractivity contribution is 6.07. The van der Waals surface area contributed by atoms with Gasteiger partial charge in [-0.15, -0.1) is 0 Å². The number of rotatable bonds is 4. The Hall–Kier alpha value is -3.35. The van der Waals surface area contributed by atoms with E-state index in [4.69, 9.17) is 4.74 Å². The Labute approximate surface area is 162 Å². The van der Waals surface area contributed by atoms with Gasteiger partial charge in [-0.05, 0) is 37.6 Å². The van der Waals surface area contributed by atoms with E-state index in [0.717, 1.165) is 12.1 Å². The van der Waals surface area contributed by atoms with E-state index >= 15 is 0 Å². The van der Waals surface area contributed by atoms with Gasteiger partial charge in [-0.1, -0.05) is 25.1 Å². The molecule has 28 heavy (non-hydrogen) atoms. The minimum atomic E-state index is -0.760. The second kappa shape index (κ2) is 7.34. The van der Waals surface area contributed by atoms with Gasteiger partial charge in [0.05, 0.1) is 12.2 Å². The molecule has 2 aromatic heterocycles. The number of carbonyl (C=O) groups excluding carboxylic acids is 2. The van der Waals surface area contributed by atoms with E-state index in [-0.39, 0.29) is 18.4 Å². The van der Waals surface area contributed by atoms with Gasteiger partial charge in [0.15, 0.2) is 6.10 Å². The first-order chi connectivity index (χ1) is 13.6. The summed E-state index contributed by atoms with van der Waals surface area (Å²) >= 11 is 0. The summed E-state index contributed by atoms with van der Waals surface area (Å²) in [5.41, 5.74) is 2.67. The lowest BCUT2D eigenvalue weighted by Crippen LogP contribution is -2.51. The molecule has 1 aliphatic rings. The number of ether oxygens (including phenoxy) is 1. The number of para-hydroxylation sites is 2. The molecule has 1 N–H and O–H groups in total. The maximum absolute atomic E-state index is 13.3. The number of pyridine rings is 1. The highest BCUT2D eigenvalue weighted by Gasteiger charge is 2.34. The van der Waals surface area contributed by atoms with E-state index in [1.54, 1.807) is 17.2 Å². The molecule has 7 nitrogen and oxygen atoms in total. The minimum absolute atomic E-state index is 0.137. The van der Waals surface area contributed by atoms with Crippen LogP contribution in [0.1, 0.15) is 29.5 Å². The lowest BCUT2D eigenvalue weighted by Gasteiger charge is -2.33. The van der Waals surface area contributed by atoms with Crippen molar-refractivity contribution in [3.05, 3.63) is 60.0 Å². The smallest absolute Gasteiger partial charge is 0.278 e. The molecular formula is C21H22N4O3. The Morgan fingerprint density at radius 1 is 1.21 bits per heavy atom. The number of amides is 2. The molecule has 0 bridgehead atoms. The fourth-order valence-electron chi connectivity index (χ4n) is 3.31. The number of aromatic nitrogens is 2. The molecule has 1 aliphatic heterocycles. The van der Waals surface area contributed by atoms with Gasteiger partial charge >= 0.3 is 0 Å². The Morgan fingerprint density at radius 2 is 2.04 bits per heavy atom. The van der Waals surface area contributed by atoms with Crippen LogP contribution in [0.3, 0.4) is 0 Å². The summed E-state index contributed by atoms with van der Waals surface area (Å²) in [7, 11) is 0. The van der Waals surface area contributed by atoms with E-state index in [0.29, 0.717) is 29.3 Å². The third kappa shape index (κ3) is 3.19. The first-order valence-corrected chi connectivity index (χ1v) is 9.38. The summed E-state index contributed by atoms with van der Waals surface area (Å²) < 4.78 is 7.73. The van der Waals surface area contributed by atoms with Crippen molar-refractivity contribution in [2.75, 3.05) is 18.0 Å². The SMILES string of the molecule is CCCNC(=O)[C@H]1CN(C(=O)c2cn3c(C)cccc3n2)c2ccccc2O1. The molecule has 0 saturated heterocycles. The topological polar surface area (TPSA) is 75.9 Å². The van der Waals surface area contributed by atoms with Crippen LogP contribution in [-0.4, -0.2) is 40.4 Å². The Balaban J connectivity index is 1.68. The van der Waals surface area contributed by atoms with E-state index in [1.165, 1.54) is 0 Å². The van der Waals surface area contributed by atoms with Crippen LogP contribution in [0.25, 0.3) is 5.65 Å². The van der Waals surface area contributed by atoms with E-state index in [9.17, 15) is 9.59 Å². The molecule has 1 aromatic carbocycles. The molecule has 0 radical (unpaired) electrons. The van der Waals surface area contributed by atoms with Gasteiger partial charge in [0.1, 0.15) is 17.1 Å². The summed E-state index contributed by atoms with van der Waals surface area (Å²) in [5.74, 6) is 0.0332. The molecule has 1 atom stereocenters. The average molecular weight is 378 g/mol. The number of imidazole rings is 1. The molecule has 7 heteroatoms. The van der Waals surface area contributed by atoms with E-state index in [1.807, 2.05) is 54.6 Å². The van der Waals surface area contributed by atoms with Crippen LogP contribution < -0.4 is 15.0 Å². The second-order valence-corrected chi connectivity index (χ2v) is 6.80. The number of hydrogen-bond donors (Lipinski definition) is 1. The van der Waals surface area contributed by atoms with Crippen molar-refractivity contribution in [3.63, 3.8) is 0 Å². The van der Waals surface area contributed by atoms with Crippen LogP contribution in [0.15, 0.2) is 48.7 Å². The highest BCUT2D eigenvalue weighted by Crippen LogP contribution is 2.34. The zero-order valence-corrected chi connectivity index (χ0v) is 15.9. The van der Waals surface area contributed by atoms with Crippen molar-refractivity contribution in [2.24, 2.45) is 0 Å². The molecule has 144 valence electrons. The van der Waals surface area contributed by atoms with Crippen LogP contribution in [0.4, 0.5) is 5.69 Å². The van der Waals surface area contributed by atoms with Crippen LogP contribution in [-0.2, 0) is 4.79 Å². The van der Waals surface area contributed by atoms with Crippen LogP contribution in [0.2, 0.25) is 0 Å². The molecule has 0 spiro atoms. The molecule has 0 aliphatic carbocycles. The standard InChI is InChI=1S/C21H22N4O3/c1-3-11-22-20(26)18-13-25(16-8-4-5-9-17(16)28-18)21(27)15-12-24-14(2)7-6-10-19(24)23-15/h4-10,12,18H,3,11,13H2,1-2H3,(H,22,26)/t18-/m1/s1. The summed E-state index contributed by atoms with van der Waals surface area (Å²) in [6, 6.07) is 13.0. The summed E-state index contributed by atoms with van der Waals surface area (Å²) in [6.07, 6.45) is 1.80. The molecule has 2 amide bonds. The number of fused-ring (bicyclic) bond motifs is 2. The van der Waals surface area contributed by atoms with Gasteiger partial charge in [-0.2, -0.15) is 0 Å². The van der Waals surface area contributed by atoms with Crippen molar-refractivity contribution in [1.29, 1.82) is 0 Å². The summed E-state index contributed by atoms with van der Waals surface area (Å²) in [6.45, 7) is 4.65. The molecule has 0 unspecified atom stereocenters. The predicted molar refractivity (Wildman–Crippen MR) is 106 cm³/mol. The van der Waals surface area contributed by atoms with E-state index in [2.05, 4.69) is 10.3 Å². The molecule has 3 aromatic rings. The van der Waals surface area contributed by atoms with Gasteiger partial charge in [0.25, 0.3) is 11.8 Å². The molecular weight excluding hydrogens is 356 g/mol. The van der Waals surface area contributed by atoms with Gasteiger partial charge in [-0.3, -0.25) is 14.5 Å². The van der Waals surface area contributed by atoms with Crippen molar-refractivity contribution in [1.82, 2.24) is 14.7 Å². The maximum Gasteiger partial charge on any atom is 0.278 e. The zero-order valence-electron chi connectivity index (χ0n) is 15.9. The summed E-state index contributed by atoms with van der Waals surface area (Å²) in [4.78, 5) is 31.8. The summed E-state index contributed by atoms with van der Waals surface area (Å²) in [5, 5.41) is 2.84. The number of nitrogens with one attached hydrogen (secondary N) is 1. The fraction of sp³-hybridized carbons (Fsp3) is 0.286. The molecule has 3 heterocycles. The third-order valence-electron chi connectivity index (χ3n) is 4.78. The Kier molecular flexibility index (Phi) is 4.73. The maximum atomic E-state index is 13.3. The minimum Gasteiger partial charge on any atom is -0.477 e. The lowest BCUT2D eigenvalue weighted by atomic mass is 10.1. The van der Waals surface area contributed by atoms with Crippen molar-refractivity contribution in [3.8, 4) is 5.75 Å². The number of anilines is 1. The molecule has 0 saturated carbocycles. The normalized spacial score (nSPS) is 15.8. The Morgan fingerprint density at radius 3 is 2.82 bits per heavy atom. The molecule has 4 rings (SSSR count). The molecule has 0 fully saturated rings. The fourth-order valence-corrected chi connectivity index (χ4v) is 3.31. The van der Waals surface area contributed by atoms with Crippen LogP contribution in [0, 0.1) is 6.92 Å². The average Bonchev–Trinajstić information content (AvgIpc) is 3.16.